The van der Waals surface area contributed by atoms with Gasteiger partial charge in [0.15, 0.2) is 0 Å². The van der Waals surface area contributed by atoms with Crippen LogP contribution in [-0.2, 0) is 0 Å². The Hall–Kier alpha value is -1.96. The van der Waals surface area contributed by atoms with Gasteiger partial charge < -0.3 is 0 Å². The summed E-state index contributed by atoms with van der Waals surface area (Å²) < 4.78 is 0. The molecule has 16 heavy (non-hydrogen) atoms. The largest absolute Gasteiger partial charge is 0.251 e. The van der Waals surface area contributed by atoms with Gasteiger partial charge >= 0.3 is 0 Å². The smallest absolute Gasteiger partial charge is 0.0923 e. The van der Waals surface area contributed by atoms with Crippen LogP contribution in [-0.4, -0.2) is 9.97 Å². The minimum Gasteiger partial charge on any atom is -0.251 e. The quantitative estimate of drug-likeness (QED) is 0.529. The molecule has 0 saturated heterocycles. The van der Waals surface area contributed by atoms with Crippen LogP contribution in [0.2, 0.25) is 0 Å². The van der Waals surface area contributed by atoms with Crippen LogP contribution in [0.1, 0.15) is 11.4 Å². The lowest BCUT2D eigenvalue weighted by Gasteiger charge is -2.06. The number of benzene rings is 1. The van der Waals surface area contributed by atoms with E-state index in [-0.39, 0.29) is 0 Å². The summed E-state index contributed by atoms with van der Waals surface area (Å²) in [4.78, 5) is 9.15. The Morgan fingerprint density at radius 3 is 2.50 bits per heavy atom. The fourth-order valence-electron chi connectivity index (χ4n) is 2.08. The molecule has 0 amide bonds. The van der Waals surface area contributed by atoms with Gasteiger partial charge in [-0.1, -0.05) is 24.3 Å². The lowest BCUT2D eigenvalue weighted by molar-refractivity contribution is 1.20. The van der Waals surface area contributed by atoms with Crippen molar-refractivity contribution in [1.82, 2.24) is 9.97 Å². The minimum absolute atomic E-state index is 0.998. The van der Waals surface area contributed by atoms with Crippen LogP contribution >= 0.6 is 0 Å². The number of aryl methyl sites for hydroxylation is 2. The van der Waals surface area contributed by atoms with E-state index in [0.717, 1.165) is 22.4 Å². The predicted molar refractivity (Wildman–Crippen MR) is 66.5 cm³/mol. The zero-order valence-electron chi connectivity index (χ0n) is 9.36. The van der Waals surface area contributed by atoms with Crippen molar-refractivity contribution < 1.29 is 0 Å². The summed E-state index contributed by atoms with van der Waals surface area (Å²) in [5, 5.41) is 2.37. The maximum atomic E-state index is 4.58. The highest BCUT2D eigenvalue weighted by molar-refractivity contribution is 6.04. The van der Waals surface area contributed by atoms with Crippen LogP contribution < -0.4 is 0 Å². The van der Waals surface area contributed by atoms with Crippen molar-refractivity contribution in [3.8, 4) is 0 Å². The number of pyridine rings is 2. The first-order chi connectivity index (χ1) is 7.75. The summed E-state index contributed by atoms with van der Waals surface area (Å²) in [6.07, 6.45) is 0. The van der Waals surface area contributed by atoms with Gasteiger partial charge in [0, 0.05) is 16.5 Å². The standard InChI is InChI=1S/C14H12N2/c1-9-7-8-12-11-5-3-4-6-13(11)16-10(2)14(12)15-9/h3-8H,1-2H3. The van der Waals surface area contributed by atoms with Crippen molar-refractivity contribution in [2.75, 3.05) is 0 Å². The topological polar surface area (TPSA) is 25.8 Å². The second-order valence-electron chi connectivity index (χ2n) is 4.06. The molecule has 2 heterocycles. The number of hydrogen-bond donors (Lipinski definition) is 0. The second-order valence-corrected chi connectivity index (χ2v) is 4.06. The molecule has 0 atom stereocenters. The number of para-hydroxylation sites is 1. The van der Waals surface area contributed by atoms with Crippen LogP contribution in [0.4, 0.5) is 0 Å². The normalized spacial score (nSPS) is 11.1. The Morgan fingerprint density at radius 1 is 0.812 bits per heavy atom. The van der Waals surface area contributed by atoms with Crippen molar-refractivity contribution in [1.29, 1.82) is 0 Å². The van der Waals surface area contributed by atoms with Crippen LogP contribution in [0, 0.1) is 13.8 Å². The van der Waals surface area contributed by atoms with E-state index in [2.05, 4.69) is 22.1 Å². The molecule has 0 aliphatic rings. The van der Waals surface area contributed by atoms with E-state index in [9.17, 15) is 0 Å². The van der Waals surface area contributed by atoms with E-state index in [4.69, 9.17) is 0 Å². The van der Waals surface area contributed by atoms with Crippen molar-refractivity contribution in [2.24, 2.45) is 0 Å². The van der Waals surface area contributed by atoms with Gasteiger partial charge in [-0.3, -0.25) is 9.97 Å². The average molecular weight is 208 g/mol. The molecule has 2 heteroatoms. The van der Waals surface area contributed by atoms with Gasteiger partial charge in [-0.05, 0) is 26.0 Å². The molecule has 78 valence electrons. The molecule has 2 nitrogen and oxygen atoms in total. The van der Waals surface area contributed by atoms with E-state index in [0.29, 0.717) is 0 Å². The summed E-state index contributed by atoms with van der Waals surface area (Å²) in [6, 6.07) is 12.4. The van der Waals surface area contributed by atoms with E-state index >= 15 is 0 Å². The Bertz CT molecular complexity index is 687. The molecule has 0 radical (unpaired) electrons. The molecule has 1 aromatic carbocycles. The van der Waals surface area contributed by atoms with Crippen LogP contribution in [0.3, 0.4) is 0 Å². The average Bonchev–Trinajstić information content (AvgIpc) is 2.29. The van der Waals surface area contributed by atoms with Crippen molar-refractivity contribution >= 4 is 21.8 Å². The van der Waals surface area contributed by atoms with Crippen molar-refractivity contribution in [3.63, 3.8) is 0 Å². The fourth-order valence-corrected chi connectivity index (χ4v) is 2.08. The summed E-state index contributed by atoms with van der Waals surface area (Å²) in [6.45, 7) is 4.02. The Balaban J connectivity index is 2.59. The van der Waals surface area contributed by atoms with Gasteiger partial charge in [0.1, 0.15) is 0 Å². The van der Waals surface area contributed by atoms with E-state index in [1.807, 2.05) is 38.1 Å². The lowest BCUT2D eigenvalue weighted by Crippen LogP contribution is -1.91. The first-order valence-corrected chi connectivity index (χ1v) is 5.38. The number of nitrogens with zero attached hydrogens (tertiary/aromatic N) is 2. The van der Waals surface area contributed by atoms with Gasteiger partial charge in [0.25, 0.3) is 0 Å². The summed E-state index contributed by atoms with van der Waals surface area (Å²) in [5.74, 6) is 0. The Labute approximate surface area is 94.0 Å². The second kappa shape index (κ2) is 3.27. The van der Waals surface area contributed by atoms with E-state index in [1.54, 1.807) is 0 Å². The van der Waals surface area contributed by atoms with Crippen molar-refractivity contribution in [2.45, 2.75) is 13.8 Å². The van der Waals surface area contributed by atoms with Gasteiger partial charge in [-0.15, -0.1) is 0 Å². The minimum atomic E-state index is 0.998. The predicted octanol–water partition coefficient (Wildman–Crippen LogP) is 3.40. The summed E-state index contributed by atoms with van der Waals surface area (Å²) in [5.41, 5.74) is 4.09. The molecular formula is C14H12N2. The highest BCUT2D eigenvalue weighted by atomic mass is 14.8. The summed E-state index contributed by atoms with van der Waals surface area (Å²) >= 11 is 0. The van der Waals surface area contributed by atoms with Crippen LogP contribution in [0.25, 0.3) is 21.8 Å². The molecule has 0 aliphatic heterocycles. The third-order valence-corrected chi connectivity index (χ3v) is 2.86. The maximum Gasteiger partial charge on any atom is 0.0923 e. The van der Waals surface area contributed by atoms with E-state index in [1.165, 1.54) is 10.8 Å². The van der Waals surface area contributed by atoms with Gasteiger partial charge in [0.2, 0.25) is 0 Å². The van der Waals surface area contributed by atoms with Gasteiger partial charge in [0.05, 0.1) is 16.7 Å². The van der Waals surface area contributed by atoms with E-state index < -0.39 is 0 Å². The summed E-state index contributed by atoms with van der Waals surface area (Å²) in [7, 11) is 0. The monoisotopic (exact) mass is 208 g/mol. The molecule has 0 N–H and O–H groups in total. The molecule has 3 rings (SSSR count). The van der Waals surface area contributed by atoms with Gasteiger partial charge in [-0.2, -0.15) is 0 Å². The number of aromatic nitrogens is 2. The van der Waals surface area contributed by atoms with Crippen LogP contribution in [0.15, 0.2) is 36.4 Å². The molecule has 3 aromatic rings. The SMILES string of the molecule is Cc1ccc2c(n1)c(C)nc1ccccc12. The Kier molecular flexibility index (Phi) is 1.90. The molecule has 2 aromatic heterocycles. The lowest BCUT2D eigenvalue weighted by atomic mass is 10.1. The number of hydrogen-bond acceptors (Lipinski definition) is 2. The molecule has 0 spiro atoms. The highest BCUT2D eigenvalue weighted by Crippen LogP contribution is 2.24. The molecule has 0 aliphatic carbocycles. The third-order valence-electron chi connectivity index (χ3n) is 2.86. The molecule has 0 fully saturated rings. The molecular weight excluding hydrogens is 196 g/mol. The Morgan fingerprint density at radius 2 is 1.62 bits per heavy atom. The zero-order valence-corrected chi connectivity index (χ0v) is 9.36. The number of rotatable bonds is 0. The highest BCUT2D eigenvalue weighted by Gasteiger charge is 2.05. The third kappa shape index (κ3) is 1.27. The zero-order chi connectivity index (χ0) is 11.1. The fraction of sp³-hybridized carbons (Fsp3) is 0.143. The maximum absolute atomic E-state index is 4.58. The van der Waals surface area contributed by atoms with Crippen molar-refractivity contribution in [3.05, 3.63) is 47.8 Å². The molecule has 0 saturated carbocycles. The first kappa shape index (κ1) is 9.28. The first-order valence-electron chi connectivity index (χ1n) is 5.38. The van der Waals surface area contributed by atoms with Gasteiger partial charge in [-0.25, -0.2) is 0 Å². The van der Waals surface area contributed by atoms with Crippen LogP contribution in [0.5, 0.6) is 0 Å². The number of fused-ring (bicyclic) bond motifs is 3. The molecule has 0 unspecified atom stereocenters. The molecule has 0 bridgehead atoms.